The van der Waals surface area contributed by atoms with E-state index in [0.717, 1.165) is 0 Å². The zero-order chi connectivity index (χ0) is 12.2. The molecule has 0 atom stereocenters. The minimum atomic E-state index is -0.376. The van der Waals surface area contributed by atoms with E-state index in [9.17, 15) is 4.39 Å². The van der Waals surface area contributed by atoms with Gasteiger partial charge in [-0.1, -0.05) is 11.6 Å². The summed E-state index contributed by atoms with van der Waals surface area (Å²) in [5, 5.41) is 3.69. The number of nitrogens with one attached hydrogen (secondary N) is 1. The van der Waals surface area contributed by atoms with Gasteiger partial charge in [-0.25, -0.2) is 4.39 Å². The minimum absolute atomic E-state index is 0.306. The van der Waals surface area contributed by atoms with Crippen molar-refractivity contribution in [3.05, 3.63) is 34.6 Å². The van der Waals surface area contributed by atoms with Gasteiger partial charge < -0.3 is 5.32 Å². The molecule has 1 aromatic carbocycles. The van der Waals surface area contributed by atoms with Gasteiger partial charge in [0.1, 0.15) is 5.82 Å². The van der Waals surface area contributed by atoms with E-state index < -0.39 is 0 Å². The van der Waals surface area contributed by atoms with Crippen LogP contribution in [0.5, 0.6) is 0 Å². The van der Waals surface area contributed by atoms with Gasteiger partial charge in [0.15, 0.2) is 0 Å². The van der Waals surface area contributed by atoms with Crippen molar-refractivity contribution in [2.24, 2.45) is 0 Å². The number of hydrogen-bond acceptors (Lipinski definition) is 1. The number of halogens is 4. The van der Waals surface area contributed by atoms with Crippen molar-refractivity contribution >= 4 is 34.8 Å². The summed E-state index contributed by atoms with van der Waals surface area (Å²) in [6.07, 6.45) is 0. The van der Waals surface area contributed by atoms with Crippen molar-refractivity contribution in [1.82, 2.24) is 5.32 Å². The largest absolute Gasteiger partial charge is 0.305 e. The molecule has 16 heavy (non-hydrogen) atoms. The van der Waals surface area contributed by atoms with Gasteiger partial charge in [-0.2, -0.15) is 0 Å². The Hall–Kier alpha value is -0.0200. The minimum Gasteiger partial charge on any atom is -0.305 e. The van der Waals surface area contributed by atoms with Crippen LogP contribution >= 0.6 is 34.8 Å². The first kappa shape index (κ1) is 14.0. The molecule has 1 rings (SSSR count). The van der Waals surface area contributed by atoms with Gasteiger partial charge in [0, 0.05) is 28.9 Å². The summed E-state index contributed by atoms with van der Waals surface area (Å²) in [6.45, 7) is 2.34. The molecule has 0 aromatic heterocycles. The summed E-state index contributed by atoms with van der Waals surface area (Å²) in [5.41, 5.74) is 0.321. The fourth-order valence-electron chi connectivity index (χ4n) is 1.12. The lowest BCUT2D eigenvalue weighted by atomic mass is 10.1. The van der Waals surface area contributed by atoms with Gasteiger partial charge in [-0.05, 0) is 30.7 Å². The molecule has 5 heteroatoms. The number of benzene rings is 1. The molecule has 0 radical (unpaired) electrons. The molecule has 0 aliphatic heterocycles. The fourth-order valence-corrected chi connectivity index (χ4v) is 1.78. The van der Waals surface area contributed by atoms with E-state index >= 15 is 0 Å². The summed E-state index contributed by atoms with van der Waals surface area (Å²) in [7, 11) is 0. The molecule has 1 aromatic rings. The monoisotopic (exact) mass is 283 g/mol. The van der Waals surface area contributed by atoms with Crippen LogP contribution in [0.15, 0.2) is 18.2 Å². The van der Waals surface area contributed by atoms with Crippen molar-refractivity contribution in [3.63, 3.8) is 0 Å². The van der Waals surface area contributed by atoms with Crippen LogP contribution in [0, 0.1) is 5.82 Å². The molecule has 0 aliphatic rings. The van der Waals surface area contributed by atoms with Crippen molar-refractivity contribution in [2.45, 2.75) is 19.0 Å². The van der Waals surface area contributed by atoms with Crippen LogP contribution in [0.4, 0.5) is 4.39 Å². The topological polar surface area (TPSA) is 12.0 Å². The van der Waals surface area contributed by atoms with E-state index in [4.69, 9.17) is 34.8 Å². The van der Waals surface area contributed by atoms with Gasteiger partial charge in [-0.3, -0.25) is 0 Å². The SMILES string of the molecule is CC(CCl)(CCl)NCc1cc(F)ccc1Cl. The Morgan fingerprint density at radius 1 is 1.31 bits per heavy atom. The van der Waals surface area contributed by atoms with Gasteiger partial charge in [0.2, 0.25) is 0 Å². The van der Waals surface area contributed by atoms with Crippen LogP contribution in [0.2, 0.25) is 5.02 Å². The standard InChI is InChI=1S/C11H13Cl3FN/c1-11(6-12,7-13)16-5-8-4-9(15)2-3-10(8)14/h2-4,16H,5-7H2,1H3. The van der Waals surface area contributed by atoms with Gasteiger partial charge in [0.05, 0.1) is 0 Å². The highest BCUT2D eigenvalue weighted by Gasteiger charge is 2.21. The van der Waals surface area contributed by atoms with E-state index in [1.54, 1.807) is 0 Å². The Bertz CT molecular complexity index is 353. The molecule has 1 nitrogen and oxygen atoms in total. The molecule has 0 aliphatic carbocycles. The lowest BCUT2D eigenvalue weighted by Crippen LogP contribution is -2.45. The Kier molecular flexibility index (Phi) is 5.32. The molecule has 0 unspecified atom stereocenters. The molecule has 0 saturated heterocycles. The second kappa shape index (κ2) is 6.06. The molecule has 0 bridgehead atoms. The molecule has 0 heterocycles. The van der Waals surface area contributed by atoms with Crippen LogP contribution in [0.1, 0.15) is 12.5 Å². The predicted molar refractivity (Wildman–Crippen MR) is 68.1 cm³/mol. The summed E-state index contributed by atoms with van der Waals surface area (Å²) in [6, 6.07) is 4.26. The average molecular weight is 285 g/mol. The van der Waals surface area contributed by atoms with E-state index in [1.165, 1.54) is 18.2 Å². The second-order valence-electron chi connectivity index (χ2n) is 3.92. The number of hydrogen-bond donors (Lipinski definition) is 1. The number of rotatable bonds is 5. The first-order valence-corrected chi connectivity index (χ1v) is 6.26. The van der Waals surface area contributed by atoms with Gasteiger partial charge in [0.25, 0.3) is 0 Å². The third kappa shape index (κ3) is 3.77. The highest BCUT2D eigenvalue weighted by Crippen LogP contribution is 2.18. The molecule has 0 saturated carbocycles. The normalized spacial score (nSPS) is 11.8. The third-order valence-corrected chi connectivity index (χ3v) is 3.85. The maximum absolute atomic E-state index is 13.0. The molecule has 0 fully saturated rings. The molecule has 0 amide bonds. The molecular formula is C11H13Cl3FN. The lowest BCUT2D eigenvalue weighted by Gasteiger charge is -2.26. The van der Waals surface area contributed by atoms with Crippen molar-refractivity contribution < 1.29 is 4.39 Å². The second-order valence-corrected chi connectivity index (χ2v) is 4.86. The van der Waals surface area contributed by atoms with Crippen LogP contribution in [0.25, 0.3) is 0 Å². The van der Waals surface area contributed by atoms with Crippen LogP contribution in [-0.2, 0) is 6.54 Å². The molecule has 90 valence electrons. The Morgan fingerprint density at radius 3 is 2.50 bits per heavy atom. The van der Waals surface area contributed by atoms with E-state index in [0.29, 0.717) is 28.9 Å². The predicted octanol–water partition coefficient (Wildman–Crippen LogP) is 3.81. The maximum atomic E-state index is 13.0. The van der Waals surface area contributed by atoms with Crippen molar-refractivity contribution in [3.8, 4) is 0 Å². The van der Waals surface area contributed by atoms with Crippen LogP contribution in [-0.4, -0.2) is 17.3 Å². The van der Waals surface area contributed by atoms with E-state index in [2.05, 4.69) is 5.32 Å². The Balaban J connectivity index is 2.70. The zero-order valence-electron chi connectivity index (χ0n) is 8.87. The molecular weight excluding hydrogens is 271 g/mol. The summed E-state index contributed by atoms with van der Waals surface area (Å²) in [4.78, 5) is 0. The average Bonchev–Trinajstić information content (AvgIpc) is 2.30. The van der Waals surface area contributed by atoms with Gasteiger partial charge >= 0.3 is 0 Å². The quantitative estimate of drug-likeness (QED) is 0.811. The van der Waals surface area contributed by atoms with Crippen LogP contribution in [0.3, 0.4) is 0 Å². The van der Waals surface area contributed by atoms with E-state index in [1.807, 2.05) is 6.92 Å². The van der Waals surface area contributed by atoms with Crippen molar-refractivity contribution in [1.29, 1.82) is 0 Å². The summed E-state index contributed by atoms with van der Waals surface area (Å²) >= 11 is 17.5. The van der Waals surface area contributed by atoms with Crippen LogP contribution < -0.4 is 5.32 Å². The first-order valence-electron chi connectivity index (χ1n) is 4.81. The lowest BCUT2D eigenvalue weighted by molar-refractivity contribution is 0.434. The Morgan fingerprint density at radius 2 is 1.94 bits per heavy atom. The fraction of sp³-hybridized carbons (Fsp3) is 0.455. The van der Waals surface area contributed by atoms with Gasteiger partial charge in [-0.15, -0.1) is 23.2 Å². The number of alkyl halides is 2. The highest BCUT2D eigenvalue weighted by atomic mass is 35.5. The Labute approximate surface area is 110 Å². The highest BCUT2D eigenvalue weighted by molar-refractivity contribution is 6.31. The van der Waals surface area contributed by atoms with Crippen molar-refractivity contribution in [2.75, 3.05) is 11.8 Å². The summed E-state index contributed by atoms with van der Waals surface area (Å²) in [5.74, 6) is 0.451. The third-order valence-electron chi connectivity index (χ3n) is 2.30. The van der Waals surface area contributed by atoms with E-state index in [-0.39, 0.29) is 11.4 Å². The molecule has 1 N–H and O–H groups in total. The summed E-state index contributed by atoms with van der Waals surface area (Å²) < 4.78 is 13.0. The zero-order valence-corrected chi connectivity index (χ0v) is 11.1. The smallest absolute Gasteiger partial charge is 0.123 e. The first-order chi connectivity index (χ1) is 7.50. The molecule has 0 spiro atoms. The maximum Gasteiger partial charge on any atom is 0.123 e.